The zero-order valence-electron chi connectivity index (χ0n) is 8.15. The molecule has 0 saturated carbocycles. The summed E-state index contributed by atoms with van der Waals surface area (Å²) < 4.78 is 22.5. The number of hydrogen-bond acceptors (Lipinski definition) is 3. The first-order chi connectivity index (χ1) is 6.53. The molecule has 0 aliphatic heterocycles. The van der Waals surface area contributed by atoms with Crippen molar-refractivity contribution in [1.82, 2.24) is 4.89 Å². The van der Waals surface area contributed by atoms with Crippen molar-refractivity contribution in [3.05, 3.63) is 35.4 Å². The van der Waals surface area contributed by atoms with Gasteiger partial charge in [-0.1, -0.05) is 34.7 Å². The topological polar surface area (TPSA) is 55.4 Å². The summed E-state index contributed by atoms with van der Waals surface area (Å²) in [7, 11) is -2.10. The number of nitrogens with one attached hydrogen (secondary N) is 1. The van der Waals surface area contributed by atoms with E-state index in [-0.39, 0.29) is 5.75 Å². The number of hydrogen-bond donors (Lipinski definition) is 1. The molecule has 0 unspecified atom stereocenters. The number of benzene rings is 1. The molecule has 0 atom stereocenters. The van der Waals surface area contributed by atoms with Gasteiger partial charge >= 0.3 is 0 Å². The van der Waals surface area contributed by atoms with E-state index in [1.54, 1.807) is 12.1 Å². The van der Waals surface area contributed by atoms with Crippen LogP contribution in [0.4, 0.5) is 0 Å². The van der Waals surface area contributed by atoms with Crippen LogP contribution in [0.5, 0.6) is 0 Å². The average Bonchev–Trinajstić information content (AvgIpc) is 2.08. The molecule has 1 rings (SSSR count). The van der Waals surface area contributed by atoms with Gasteiger partial charge in [0.1, 0.15) is 0 Å². The lowest BCUT2D eigenvalue weighted by atomic mass is 10.2. The van der Waals surface area contributed by atoms with E-state index in [0.717, 1.165) is 11.1 Å². The summed E-state index contributed by atoms with van der Waals surface area (Å²) in [5, 5.41) is 0. The van der Waals surface area contributed by atoms with Crippen LogP contribution >= 0.6 is 0 Å². The standard InChI is InChI=1S/C9H13NO3S/c1-8-3-5-9(6-4-8)7-14(11,12)10-13-2/h3-6,10H,7H2,1-2H3. The Balaban J connectivity index is 2.74. The predicted octanol–water partition coefficient (Wildman–Crippen LogP) is 0.976. The monoisotopic (exact) mass is 215 g/mol. The molecule has 0 fully saturated rings. The molecule has 0 radical (unpaired) electrons. The fourth-order valence-electron chi connectivity index (χ4n) is 1.06. The van der Waals surface area contributed by atoms with Crippen LogP contribution in [0.1, 0.15) is 11.1 Å². The van der Waals surface area contributed by atoms with Crippen molar-refractivity contribution in [2.45, 2.75) is 12.7 Å². The van der Waals surface area contributed by atoms with Crippen LogP contribution in [0.25, 0.3) is 0 Å². The van der Waals surface area contributed by atoms with Gasteiger partial charge in [0, 0.05) is 0 Å². The van der Waals surface area contributed by atoms with Gasteiger partial charge in [-0.25, -0.2) is 8.42 Å². The van der Waals surface area contributed by atoms with Gasteiger partial charge in [-0.3, -0.25) is 4.84 Å². The Morgan fingerprint density at radius 3 is 2.36 bits per heavy atom. The Kier molecular flexibility index (Phi) is 3.62. The maximum atomic E-state index is 11.2. The first kappa shape index (κ1) is 11.2. The molecule has 0 saturated heterocycles. The molecule has 78 valence electrons. The van der Waals surface area contributed by atoms with Gasteiger partial charge in [0.05, 0.1) is 12.9 Å². The molecule has 1 aromatic carbocycles. The molecule has 0 bridgehead atoms. The zero-order valence-corrected chi connectivity index (χ0v) is 8.97. The summed E-state index contributed by atoms with van der Waals surface area (Å²) in [5.74, 6) is -0.0683. The molecule has 0 aliphatic carbocycles. The Hall–Kier alpha value is -0.910. The van der Waals surface area contributed by atoms with Gasteiger partial charge < -0.3 is 0 Å². The average molecular weight is 215 g/mol. The normalized spacial score (nSPS) is 11.6. The largest absolute Gasteiger partial charge is 0.290 e. The second-order valence-corrected chi connectivity index (χ2v) is 4.72. The van der Waals surface area contributed by atoms with E-state index >= 15 is 0 Å². The van der Waals surface area contributed by atoms with Crippen molar-refractivity contribution in [1.29, 1.82) is 0 Å². The van der Waals surface area contributed by atoms with Crippen molar-refractivity contribution in [2.75, 3.05) is 7.11 Å². The second-order valence-electron chi connectivity index (χ2n) is 3.03. The lowest BCUT2D eigenvalue weighted by molar-refractivity contribution is 0.153. The molecule has 1 N–H and O–H groups in total. The first-order valence-electron chi connectivity index (χ1n) is 4.11. The minimum absolute atomic E-state index is 0.0683. The van der Waals surface area contributed by atoms with Gasteiger partial charge in [-0.05, 0) is 12.5 Å². The zero-order chi connectivity index (χ0) is 10.6. The summed E-state index contributed by atoms with van der Waals surface area (Å²) in [6.45, 7) is 1.95. The third kappa shape index (κ3) is 3.45. The summed E-state index contributed by atoms with van der Waals surface area (Å²) in [4.78, 5) is 6.32. The second kappa shape index (κ2) is 4.54. The first-order valence-corrected chi connectivity index (χ1v) is 5.77. The third-order valence-corrected chi connectivity index (χ3v) is 2.82. The van der Waals surface area contributed by atoms with Crippen LogP contribution in [-0.4, -0.2) is 15.5 Å². The molecule has 5 heteroatoms. The van der Waals surface area contributed by atoms with Crippen LogP contribution in [0, 0.1) is 6.92 Å². The van der Waals surface area contributed by atoms with Crippen molar-refractivity contribution < 1.29 is 13.3 Å². The molecular weight excluding hydrogens is 202 g/mol. The summed E-state index contributed by atoms with van der Waals surface area (Å²) in [6, 6.07) is 7.31. The quantitative estimate of drug-likeness (QED) is 0.762. The van der Waals surface area contributed by atoms with Gasteiger partial charge in [-0.15, -0.1) is 0 Å². The smallest absolute Gasteiger partial charge is 0.237 e. The van der Waals surface area contributed by atoms with Gasteiger partial charge in [0.25, 0.3) is 0 Å². The number of rotatable bonds is 4. The summed E-state index contributed by atoms with van der Waals surface area (Å²) in [6.07, 6.45) is 0. The van der Waals surface area contributed by atoms with Gasteiger partial charge in [0.2, 0.25) is 10.0 Å². The van der Waals surface area contributed by atoms with Crippen molar-refractivity contribution >= 4 is 10.0 Å². The minimum Gasteiger partial charge on any atom is -0.290 e. The molecule has 0 amide bonds. The van der Waals surface area contributed by atoms with Gasteiger partial charge in [-0.2, -0.15) is 0 Å². The highest BCUT2D eigenvalue weighted by Gasteiger charge is 2.09. The highest BCUT2D eigenvalue weighted by Crippen LogP contribution is 2.06. The summed E-state index contributed by atoms with van der Waals surface area (Å²) in [5.41, 5.74) is 1.84. The SMILES string of the molecule is CONS(=O)(=O)Cc1ccc(C)cc1. The van der Waals surface area contributed by atoms with Crippen LogP contribution in [-0.2, 0) is 20.6 Å². The Bertz CT molecular complexity index is 383. The van der Waals surface area contributed by atoms with E-state index in [1.165, 1.54) is 7.11 Å². The highest BCUT2D eigenvalue weighted by atomic mass is 32.2. The number of aryl methyl sites for hydroxylation is 1. The van der Waals surface area contributed by atoms with Crippen molar-refractivity contribution in [3.8, 4) is 0 Å². The van der Waals surface area contributed by atoms with Gasteiger partial charge in [0.15, 0.2) is 0 Å². The van der Waals surface area contributed by atoms with Crippen LogP contribution in [0.3, 0.4) is 0 Å². The van der Waals surface area contributed by atoms with E-state index in [2.05, 4.69) is 4.84 Å². The van der Waals surface area contributed by atoms with E-state index < -0.39 is 10.0 Å². The molecule has 0 aliphatic rings. The maximum absolute atomic E-state index is 11.2. The molecule has 14 heavy (non-hydrogen) atoms. The van der Waals surface area contributed by atoms with E-state index in [1.807, 2.05) is 23.9 Å². The van der Waals surface area contributed by atoms with Crippen LogP contribution < -0.4 is 4.89 Å². The van der Waals surface area contributed by atoms with E-state index in [9.17, 15) is 8.42 Å². The maximum Gasteiger partial charge on any atom is 0.237 e. The van der Waals surface area contributed by atoms with Crippen LogP contribution in [0.2, 0.25) is 0 Å². The van der Waals surface area contributed by atoms with E-state index in [0.29, 0.717) is 0 Å². The number of sulfonamides is 1. The lowest BCUT2D eigenvalue weighted by Gasteiger charge is -2.04. The molecule has 4 nitrogen and oxygen atoms in total. The molecule has 0 spiro atoms. The molecular formula is C9H13NO3S. The predicted molar refractivity (Wildman–Crippen MR) is 53.9 cm³/mol. The minimum atomic E-state index is -3.37. The van der Waals surface area contributed by atoms with Crippen LogP contribution in [0.15, 0.2) is 24.3 Å². The Labute approximate surface area is 83.9 Å². The van der Waals surface area contributed by atoms with E-state index in [4.69, 9.17) is 0 Å². The Morgan fingerprint density at radius 1 is 1.29 bits per heavy atom. The summed E-state index contributed by atoms with van der Waals surface area (Å²) >= 11 is 0. The molecule has 1 aromatic rings. The highest BCUT2D eigenvalue weighted by molar-refractivity contribution is 7.88. The molecule has 0 heterocycles. The lowest BCUT2D eigenvalue weighted by Crippen LogP contribution is -2.23. The van der Waals surface area contributed by atoms with Crippen molar-refractivity contribution in [3.63, 3.8) is 0 Å². The fourth-order valence-corrected chi connectivity index (χ4v) is 2.00. The molecule has 0 aromatic heterocycles. The Morgan fingerprint density at radius 2 is 1.86 bits per heavy atom. The fraction of sp³-hybridized carbons (Fsp3) is 0.333. The van der Waals surface area contributed by atoms with Crippen molar-refractivity contribution in [2.24, 2.45) is 0 Å². The third-order valence-electron chi connectivity index (χ3n) is 1.69.